The number of piperidine rings is 1. The fourth-order valence-corrected chi connectivity index (χ4v) is 4.90. The van der Waals surface area contributed by atoms with E-state index in [1.165, 1.54) is 31.0 Å². The largest absolute Gasteiger partial charge is 0.495 e. The standard InChI is InChI=1S/C22H31N5O3S/c1-16(20(28)23-18-10-4-5-11-19(18)29-2)31-22-25-24-21(26-12-6-3-7-13-26)27(22)15-17-9-8-14-30-17/h4-5,10-11,16-17H,3,6-9,12-15H2,1-2H3,(H,23,28). The van der Waals surface area contributed by atoms with Crippen molar-refractivity contribution in [1.82, 2.24) is 14.8 Å². The molecule has 2 fully saturated rings. The van der Waals surface area contributed by atoms with Gasteiger partial charge in [-0.25, -0.2) is 0 Å². The summed E-state index contributed by atoms with van der Waals surface area (Å²) in [7, 11) is 1.60. The van der Waals surface area contributed by atoms with E-state index < -0.39 is 0 Å². The van der Waals surface area contributed by atoms with Crippen molar-refractivity contribution in [2.45, 2.75) is 62.1 Å². The van der Waals surface area contributed by atoms with Crippen LogP contribution in [-0.4, -0.2) is 58.8 Å². The van der Waals surface area contributed by atoms with Gasteiger partial charge in [0.2, 0.25) is 11.9 Å². The summed E-state index contributed by atoms with van der Waals surface area (Å²) in [6.45, 7) is 5.42. The first-order valence-electron chi connectivity index (χ1n) is 11.1. The number of nitrogens with one attached hydrogen (secondary N) is 1. The quantitative estimate of drug-likeness (QED) is 0.622. The number of thioether (sulfide) groups is 1. The van der Waals surface area contributed by atoms with Crippen LogP contribution in [0.2, 0.25) is 0 Å². The number of rotatable bonds is 8. The van der Waals surface area contributed by atoms with Crippen LogP contribution in [0, 0.1) is 0 Å². The first-order chi connectivity index (χ1) is 15.2. The van der Waals surface area contributed by atoms with Gasteiger partial charge in [0.1, 0.15) is 5.75 Å². The number of para-hydroxylation sites is 2. The van der Waals surface area contributed by atoms with E-state index in [-0.39, 0.29) is 17.3 Å². The summed E-state index contributed by atoms with van der Waals surface area (Å²) < 4.78 is 13.4. The maximum atomic E-state index is 12.9. The van der Waals surface area contributed by atoms with Gasteiger partial charge < -0.3 is 19.7 Å². The van der Waals surface area contributed by atoms with Crippen LogP contribution in [0.25, 0.3) is 0 Å². The summed E-state index contributed by atoms with van der Waals surface area (Å²) in [6.07, 6.45) is 5.92. The number of methoxy groups -OCH3 is 1. The van der Waals surface area contributed by atoms with Gasteiger partial charge in [-0.05, 0) is 51.2 Å². The molecule has 0 bridgehead atoms. The lowest BCUT2D eigenvalue weighted by molar-refractivity contribution is -0.115. The highest BCUT2D eigenvalue weighted by atomic mass is 32.2. The van der Waals surface area contributed by atoms with Crippen molar-refractivity contribution in [3.8, 4) is 5.75 Å². The SMILES string of the molecule is COc1ccccc1NC(=O)C(C)Sc1nnc(N2CCCCC2)n1CC1CCCO1. The average Bonchev–Trinajstić information content (AvgIpc) is 3.45. The van der Waals surface area contributed by atoms with E-state index in [1.54, 1.807) is 7.11 Å². The zero-order chi connectivity index (χ0) is 21.6. The number of ether oxygens (including phenoxy) is 2. The second kappa shape index (κ2) is 10.4. The van der Waals surface area contributed by atoms with Crippen molar-refractivity contribution in [3.05, 3.63) is 24.3 Å². The maximum Gasteiger partial charge on any atom is 0.237 e. The number of aromatic nitrogens is 3. The topological polar surface area (TPSA) is 81.5 Å². The third-order valence-corrected chi connectivity index (χ3v) is 6.84. The van der Waals surface area contributed by atoms with E-state index in [4.69, 9.17) is 9.47 Å². The number of amides is 1. The summed E-state index contributed by atoms with van der Waals surface area (Å²) in [5.41, 5.74) is 0.664. The molecule has 2 saturated heterocycles. The van der Waals surface area contributed by atoms with Crippen molar-refractivity contribution in [1.29, 1.82) is 0 Å². The third-order valence-electron chi connectivity index (χ3n) is 5.76. The molecule has 2 aromatic rings. The van der Waals surface area contributed by atoms with Gasteiger partial charge in [-0.2, -0.15) is 0 Å². The molecule has 1 amide bonds. The van der Waals surface area contributed by atoms with E-state index >= 15 is 0 Å². The first kappa shape index (κ1) is 22.0. The van der Waals surface area contributed by atoms with E-state index in [2.05, 4.69) is 25.0 Å². The van der Waals surface area contributed by atoms with Crippen molar-refractivity contribution in [2.75, 3.05) is 37.0 Å². The minimum absolute atomic E-state index is 0.0966. The van der Waals surface area contributed by atoms with Gasteiger partial charge >= 0.3 is 0 Å². The Hall–Kier alpha value is -2.26. The van der Waals surface area contributed by atoms with Gasteiger partial charge in [0.25, 0.3) is 0 Å². The number of carbonyl (C=O) groups is 1. The number of anilines is 2. The Morgan fingerprint density at radius 2 is 2.06 bits per heavy atom. The average molecular weight is 446 g/mol. The van der Waals surface area contributed by atoms with E-state index in [9.17, 15) is 4.79 Å². The second-order valence-corrected chi connectivity index (χ2v) is 9.33. The molecule has 2 aliphatic rings. The summed E-state index contributed by atoms with van der Waals surface area (Å²) in [5.74, 6) is 1.44. The number of hydrogen-bond acceptors (Lipinski definition) is 7. The number of nitrogens with zero attached hydrogens (tertiary/aromatic N) is 4. The molecule has 0 radical (unpaired) electrons. The van der Waals surface area contributed by atoms with Crippen LogP contribution in [0.15, 0.2) is 29.4 Å². The Balaban J connectivity index is 1.49. The summed E-state index contributed by atoms with van der Waals surface area (Å²) >= 11 is 1.43. The lowest BCUT2D eigenvalue weighted by atomic mass is 10.1. The molecule has 31 heavy (non-hydrogen) atoms. The Bertz CT molecular complexity index is 878. The van der Waals surface area contributed by atoms with Crippen molar-refractivity contribution < 1.29 is 14.3 Å². The zero-order valence-electron chi connectivity index (χ0n) is 18.2. The van der Waals surface area contributed by atoms with Crippen LogP contribution < -0.4 is 15.0 Å². The molecular weight excluding hydrogens is 414 g/mol. The zero-order valence-corrected chi connectivity index (χ0v) is 19.1. The van der Waals surface area contributed by atoms with Crippen LogP contribution in [-0.2, 0) is 16.1 Å². The van der Waals surface area contributed by atoms with Gasteiger partial charge in [0, 0.05) is 19.7 Å². The highest BCUT2D eigenvalue weighted by Crippen LogP contribution is 2.30. The smallest absolute Gasteiger partial charge is 0.237 e. The molecule has 0 spiro atoms. The van der Waals surface area contributed by atoms with Crippen LogP contribution in [0.4, 0.5) is 11.6 Å². The second-order valence-electron chi connectivity index (χ2n) is 8.03. The molecule has 2 aliphatic heterocycles. The molecule has 0 saturated carbocycles. The van der Waals surface area contributed by atoms with E-state index in [1.807, 2.05) is 31.2 Å². The summed E-state index contributed by atoms with van der Waals surface area (Å²) in [6, 6.07) is 7.42. The highest BCUT2D eigenvalue weighted by molar-refractivity contribution is 8.00. The molecule has 1 N–H and O–H groups in total. The maximum absolute atomic E-state index is 12.9. The molecule has 1 aromatic carbocycles. The fourth-order valence-electron chi connectivity index (χ4n) is 4.04. The van der Waals surface area contributed by atoms with Gasteiger partial charge in [-0.15, -0.1) is 10.2 Å². The number of hydrogen-bond donors (Lipinski definition) is 1. The Morgan fingerprint density at radius 1 is 1.26 bits per heavy atom. The Labute approximate surface area is 187 Å². The molecule has 2 unspecified atom stereocenters. The van der Waals surface area contributed by atoms with Crippen LogP contribution in [0.5, 0.6) is 5.75 Å². The van der Waals surface area contributed by atoms with E-state index in [0.29, 0.717) is 11.4 Å². The normalized spacial score (nSPS) is 19.9. The minimum Gasteiger partial charge on any atom is -0.495 e. The van der Waals surface area contributed by atoms with Crippen molar-refractivity contribution >= 4 is 29.3 Å². The van der Waals surface area contributed by atoms with Gasteiger partial charge in [-0.1, -0.05) is 23.9 Å². The van der Waals surface area contributed by atoms with Crippen molar-refractivity contribution in [2.24, 2.45) is 0 Å². The molecule has 1 aromatic heterocycles. The monoisotopic (exact) mass is 445 g/mol. The molecule has 0 aliphatic carbocycles. The summed E-state index contributed by atoms with van der Waals surface area (Å²) in [5, 5.41) is 12.4. The lowest BCUT2D eigenvalue weighted by Gasteiger charge is -2.28. The molecule has 168 valence electrons. The highest BCUT2D eigenvalue weighted by Gasteiger charge is 2.27. The number of benzene rings is 1. The minimum atomic E-state index is -0.341. The Kier molecular flexibility index (Phi) is 7.34. The van der Waals surface area contributed by atoms with Crippen LogP contribution in [0.3, 0.4) is 0 Å². The third kappa shape index (κ3) is 5.33. The van der Waals surface area contributed by atoms with Crippen LogP contribution in [0.1, 0.15) is 39.0 Å². The Morgan fingerprint density at radius 3 is 2.81 bits per heavy atom. The van der Waals surface area contributed by atoms with Crippen molar-refractivity contribution in [3.63, 3.8) is 0 Å². The van der Waals surface area contributed by atoms with Gasteiger partial charge in [0.15, 0.2) is 5.16 Å². The molecule has 4 rings (SSSR count). The number of carbonyl (C=O) groups excluding carboxylic acids is 1. The van der Waals surface area contributed by atoms with Gasteiger partial charge in [0.05, 0.1) is 30.7 Å². The van der Waals surface area contributed by atoms with Gasteiger partial charge in [-0.3, -0.25) is 9.36 Å². The molecular formula is C22H31N5O3S. The predicted molar refractivity (Wildman–Crippen MR) is 122 cm³/mol. The van der Waals surface area contributed by atoms with E-state index in [0.717, 1.165) is 50.2 Å². The fraction of sp³-hybridized carbons (Fsp3) is 0.591. The molecule has 3 heterocycles. The molecule has 2 atom stereocenters. The lowest BCUT2D eigenvalue weighted by Crippen LogP contribution is -2.33. The van der Waals surface area contributed by atoms with Crippen LogP contribution >= 0.6 is 11.8 Å². The summed E-state index contributed by atoms with van der Waals surface area (Å²) in [4.78, 5) is 15.2. The predicted octanol–water partition coefficient (Wildman–Crippen LogP) is 3.58. The molecule has 9 heteroatoms. The first-order valence-corrected chi connectivity index (χ1v) is 11.9. The molecule has 8 nitrogen and oxygen atoms in total.